The molecule has 0 saturated heterocycles. The number of carbonyl (C=O) groups is 3. The Labute approximate surface area is 153 Å². The summed E-state index contributed by atoms with van der Waals surface area (Å²) in [7, 11) is 1.55. The number of rotatable bonds is 6. The van der Waals surface area contributed by atoms with Crippen molar-refractivity contribution in [2.45, 2.75) is 26.7 Å². The van der Waals surface area contributed by atoms with Gasteiger partial charge in [-0.2, -0.15) is 0 Å². The van der Waals surface area contributed by atoms with Crippen molar-refractivity contribution < 1.29 is 28.6 Å². The van der Waals surface area contributed by atoms with Gasteiger partial charge in [0, 0.05) is 5.92 Å². The second-order valence-corrected chi connectivity index (χ2v) is 6.05. The fourth-order valence-electron chi connectivity index (χ4n) is 3.33. The maximum Gasteiger partial charge on any atom is 0.317 e. The van der Waals surface area contributed by atoms with E-state index in [0.29, 0.717) is 16.9 Å². The van der Waals surface area contributed by atoms with Crippen LogP contribution in [0.15, 0.2) is 35.9 Å². The van der Waals surface area contributed by atoms with Crippen molar-refractivity contribution in [1.29, 1.82) is 0 Å². The average molecular weight is 360 g/mol. The first kappa shape index (κ1) is 19.7. The number of methoxy groups -OCH3 is 1. The third-order valence-electron chi connectivity index (χ3n) is 4.47. The first-order valence-corrected chi connectivity index (χ1v) is 8.63. The van der Waals surface area contributed by atoms with E-state index in [4.69, 9.17) is 14.2 Å². The first-order chi connectivity index (χ1) is 12.4. The number of ether oxygens (including phenoxy) is 3. The van der Waals surface area contributed by atoms with Gasteiger partial charge >= 0.3 is 11.9 Å². The van der Waals surface area contributed by atoms with Gasteiger partial charge in [0.15, 0.2) is 5.78 Å². The molecular weight excluding hydrogens is 336 g/mol. The molecule has 0 N–H and O–H groups in total. The molecule has 0 heterocycles. The molecule has 0 radical (unpaired) electrons. The van der Waals surface area contributed by atoms with Crippen molar-refractivity contribution in [2.24, 2.45) is 11.8 Å². The van der Waals surface area contributed by atoms with E-state index in [1.807, 2.05) is 0 Å². The van der Waals surface area contributed by atoms with Gasteiger partial charge in [-0.3, -0.25) is 14.4 Å². The Kier molecular flexibility index (Phi) is 6.55. The number of allylic oxidation sites excluding steroid dienone is 1. The highest BCUT2D eigenvalue weighted by Crippen LogP contribution is 2.42. The molecule has 0 amide bonds. The van der Waals surface area contributed by atoms with E-state index in [1.54, 1.807) is 52.1 Å². The van der Waals surface area contributed by atoms with Crippen LogP contribution in [-0.4, -0.2) is 38.0 Å². The Morgan fingerprint density at radius 1 is 0.962 bits per heavy atom. The van der Waals surface area contributed by atoms with Crippen molar-refractivity contribution in [3.05, 3.63) is 41.5 Å². The lowest BCUT2D eigenvalue weighted by atomic mass is 9.68. The van der Waals surface area contributed by atoms with Crippen molar-refractivity contribution >= 4 is 17.7 Å². The van der Waals surface area contributed by atoms with Gasteiger partial charge in [0.2, 0.25) is 0 Å². The minimum atomic E-state index is -1.08. The van der Waals surface area contributed by atoms with Crippen LogP contribution in [0.1, 0.15) is 32.3 Å². The monoisotopic (exact) mass is 360 g/mol. The minimum absolute atomic E-state index is 0.157. The van der Waals surface area contributed by atoms with Crippen LogP contribution in [0.25, 0.3) is 0 Å². The zero-order valence-corrected chi connectivity index (χ0v) is 15.5. The molecular formula is C20H24O6. The van der Waals surface area contributed by atoms with Crippen molar-refractivity contribution in [3.8, 4) is 5.75 Å². The summed E-state index contributed by atoms with van der Waals surface area (Å²) < 4.78 is 15.5. The smallest absolute Gasteiger partial charge is 0.317 e. The Bertz CT molecular complexity index is 704. The highest BCUT2D eigenvalue weighted by atomic mass is 16.5. The van der Waals surface area contributed by atoms with Crippen molar-refractivity contribution in [3.63, 3.8) is 0 Å². The Balaban J connectivity index is 2.55. The molecule has 0 saturated carbocycles. The lowest BCUT2D eigenvalue weighted by molar-refractivity contribution is -0.155. The summed E-state index contributed by atoms with van der Waals surface area (Å²) in [4.78, 5) is 37.7. The SMILES string of the molecule is CCOC(=O)[C@@H]1C(=O)C=C(C)[C@H](C(=O)OCC)[C@@H]1c1ccc(OC)cc1. The molecule has 0 fully saturated rings. The van der Waals surface area contributed by atoms with Gasteiger partial charge in [-0.25, -0.2) is 0 Å². The summed E-state index contributed by atoms with van der Waals surface area (Å²) in [5.74, 6) is -3.29. The van der Waals surface area contributed by atoms with Crippen LogP contribution in [0.2, 0.25) is 0 Å². The fraction of sp³-hybridized carbons (Fsp3) is 0.450. The molecule has 0 bridgehead atoms. The van der Waals surface area contributed by atoms with Crippen molar-refractivity contribution in [2.75, 3.05) is 20.3 Å². The van der Waals surface area contributed by atoms with Crippen LogP contribution in [0.5, 0.6) is 5.75 Å². The molecule has 3 atom stereocenters. The van der Waals surface area contributed by atoms with E-state index in [1.165, 1.54) is 6.08 Å². The fourth-order valence-corrected chi connectivity index (χ4v) is 3.33. The maximum absolute atomic E-state index is 12.6. The van der Waals surface area contributed by atoms with Gasteiger partial charge in [0.05, 0.1) is 26.2 Å². The maximum atomic E-state index is 12.6. The van der Waals surface area contributed by atoms with Crippen LogP contribution >= 0.6 is 0 Å². The van der Waals surface area contributed by atoms with Gasteiger partial charge in [-0.05, 0) is 44.5 Å². The third-order valence-corrected chi connectivity index (χ3v) is 4.47. The molecule has 1 aliphatic carbocycles. The predicted octanol–water partition coefficient (Wildman–Crippen LogP) is 2.67. The summed E-state index contributed by atoms with van der Waals surface area (Å²) in [6.45, 7) is 5.48. The van der Waals surface area contributed by atoms with Gasteiger partial charge in [-0.1, -0.05) is 17.7 Å². The Morgan fingerprint density at radius 3 is 2.00 bits per heavy atom. The summed E-state index contributed by atoms with van der Waals surface area (Å²) in [5.41, 5.74) is 1.26. The Hall–Kier alpha value is -2.63. The Morgan fingerprint density at radius 2 is 1.50 bits per heavy atom. The van der Waals surface area contributed by atoms with E-state index in [-0.39, 0.29) is 19.0 Å². The normalized spacial score (nSPS) is 22.4. The summed E-state index contributed by atoms with van der Waals surface area (Å²) in [5, 5.41) is 0. The van der Waals surface area contributed by atoms with Crippen LogP contribution < -0.4 is 4.74 Å². The quantitative estimate of drug-likeness (QED) is 0.573. The zero-order chi connectivity index (χ0) is 19.3. The number of hydrogen-bond acceptors (Lipinski definition) is 6. The minimum Gasteiger partial charge on any atom is -0.497 e. The van der Waals surface area contributed by atoms with Gasteiger partial charge in [0.1, 0.15) is 11.7 Å². The number of benzene rings is 1. The molecule has 6 nitrogen and oxygen atoms in total. The molecule has 0 spiro atoms. The topological polar surface area (TPSA) is 78.9 Å². The molecule has 0 aromatic heterocycles. The largest absolute Gasteiger partial charge is 0.497 e. The standard InChI is InChI=1S/C20H24O6/c1-5-25-19(22)16-12(3)11-15(21)18(20(23)26-6-2)17(16)13-7-9-14(24-4)10-8-13/h7-11,16-18H,5-6H2,1-4H3/t16-,17-,18+/m0/s1. The molecule has 1 aliphatic rings. The van der Waals surface area contributed by atoms with E-state index < -0.39 is 29.7 Å². The van der Waals surface area contributed by atoms with E-state index in [2.05, 4.69) is 0 Å². The molecule has 1 aromatic carbocycles. The first-order valence-electron chi connectivity index (χ1n) is 8.63. The second-order valence-electron chi connectivity index (χ2n) is 6.05. The van der Waals surface area contributed by atoms with Crippen LogP contribution in [0.4, 0.5) is 0 Å². The lowest BCUT2D eigenvalue weighted by Crippen LogP contribution is -2.41. The second kappa shape index (κ2) is 8.65. The molecule has 1 aromatic rings. The van der Waals surface area contributed by atoms with Crippen molar-refractivity contribution in [1.82, 2.24) is 0 Å². The van der Waals surface area contributed by atoms with Crippen LogP contribution in [0.3, 0.4) is 0 Å². The van der Waals surface area contributed by atoms with Crippen LogP contribution in [-0.2, 0) is 23.9 Å². The van der Waals surface area contributed by atoms with E-state index >= 15 is 0 Å². The summed E-state index contributed by atoms with van der Waals surface area (Å²) >= 11 is 0. The van der Waals surface area contributed by atoms with Gasteiger partial charge in [-0.15, -0.1) is 0 Å². The lowest BCUT2D eigenvalue weighted by Gasteiger charge is -2.34. The van der Waals surface area contributed by atoms with Crippen LogP contribution in [0, 0.1) is 11.8 Å². The molecule has 0 unspecified atom stereocenters. The summed E-state index contributed by atoms with van der Waals surface area (Å²) in [6, 6.07) is 6.98. The molecule has 6 heteroatoms. The number of carbonyl (C=O) groups excluding carboxylic acids is 3. The third kappa shape index (κ3) is 3.95. The number of ketones is 1. The van der Waals surface area contributed by atoms with E-state index in [9.17, 15) is 14.4 Å². The number of esters is 2. The summed E-state index contributed by atoms with van der Waals surface area (Å²) in [6.07, 6.45) is 1.35. The average Bonchev–Trinajstić information content (AvgIpc) is 2.61. The van der Waals surface area contributed by atoms with Gasteiger partial charge < -0.3 is 14.2 Å². The number of hydrogen-bond donors (Lipinski definition) is 0. The highest BCUT2D eigenvalue weighted by molar-refractivity contribution is 6.08. The molecule has 140 valence electrons. The van der Waals surface area contributed by atoms with E-state index in [0.717, 1.165) is 0 Å². The van der Waals surface area contributed by atoms with Gasteiger partial charge in [0.25, 0.3) is 0 Å². The molecule has 0 aliphatic heterocycles. The zero-order valence-electron chi connectivity index (χ0n) is 15.5. The highest BCUT2D eigenvalue weighted by Gasteiger charge is 2.47. The predicted molar refractivity (Wildman–Crippen MR) is 94.7 cm³/mol. The molecule has 2 rings (SSSR count). The molecule has 26 heavy (non-hydrogen) atoms.